The summed E-state index contributed by atoms with van der Waals surface area (Å²) in [5.41, 5.74) is -0.0916. The molecule has 0 aliphatic heterocycles. The van der Waals surface area contributed by atoms with E-state index in [1.165, 1.54) is 12.4 Å². The summed E-state index contributed by atoms with van der Waals surface area (Å²) in [6, 6.07) is 0. The van der Waals surface area contributed by atoms with Gasteiger partial charge in [0.1, 0.15) is 0 Å². The summed E-state index contributed by atoms with van der Waals surface area (Å²) in [5, 5.41) is 19.2. The first-order valence-electron chi connectivity index (χ1n) is 4.89. The number of carbonyl (C=O) groups is 1. The minimum absolute atomic E-state index is 0.0916. The molecule has 2 aromatic rings. The lowest BCUT2D eigenvalue weighted by Gasteiger charge is -2.06. The number of hydrogen-bond donors (Lipinski definition) is 2. The number of aromatic nitrogens is 5. The van der Waals surface area contributed by atoms with E-state index in [1.807, 2.05) is 0 Å². The number of nitrogens with zero attached hydrogens (tertiary/aromatic N) is 5. The van der Waals surface area contributed by atoms with Crippen LogP contribution in [0.25, 0.3) is 0 Å². The van der Waals surface area contributed by atoms with E-state index in [0.29, 0.717) is 13.1 Å². The van der Waals surface area contributed by atoms with E-state index in [2.05, 4.69) is 25.6 Å². The number of carboxylic acids is 1. The maximum absolute atomic E-state index is 10.8. The summed E-state index contributed by atoms with van der Waals surface area (Å²) in [6.45, 7) is 1.05. The van der Waals surface area contributed by atoms with E-state index in [9.17, 15) is 4.79 Å². The predicted octanol–water partition coefficient (Wildman–Crippen LogP) is -0.122. The van der Waals surface area contributed by atoms with Crippen molar-refractivity contribution in [2.75, 3.05) is 11.9 Å². The molecule has 0 aliphatic carbocycles. The van der Waals surface area contributed by atoms with Gasteiger partial charge in [-0.25, -0.2) is 14.8 Å². The van der Waals surface area contributed by atoms with Gasteiger partial charge < -0.3 is 10.4 Å². The van der Waals surface area contributed by atoms with Crippen molar-refractivity contribution in [2.45, 2.75) is 6.54 Å². The second-order valence-corrected chi connectivity index (χ2v) is 3.15. The van der Waals surface area contributed by atoms with E-state index in [0.717, 1.165) is 0 Å². The van der Waals surface area contributed by atoms with Crippen molar-refractivity contribution < 1.29 is 9.90 Å². The van der Waals surface area contributed by atoms with Gasteiger partial charge in [-0.3, -0.25) is 4.68 Å². The van der Waals surface area contributed by atoms with Crippen LogP contribution in [0.1, 0.15) is 10.5 Å². The van der Waals surface area contributed by atoms with Crippen LogP contribution in [0.2, 0.25) is 0 Å². The number of nitrogens with one attached hydrogen (secondary N) is 1. The van der Waals surface area contributed by atoms with Crippen LogP contribution in [0, 0.1) is 0 Å². The maximum atomic E-state index is 10.8. The molecule has 88 valence electrons. The molecule has 2 N–H and O–H groups in total. The van der Waals surface area contributed by atoms with E-state index >= 15 is 0 Å². The average Bonchev–Trinajstić information content (AvgIpc) is 2.82. The third kappa shape index (κ3) is 2.74. The molecule has 2 rings (SSSR count). The largest absolute Gasteiger partial charge is 0.476 e. The summed E-state index contributed by atoms with van der Waals surface area (Å²) in [7, 11) is 0. The number of carboxylic acid groups (broad SMARTS) is 1. The van der Waals surface area contributed by atoms with Crippen LogP contribution in [0.5, 0.6) is 0 Å². The molecule has 8 heteroatoms. The fourth-order valence-corrected chi connectivity index (χ4v) is 1.26. The number of aromatic carboxylic acids is 1. The molecule has 0 spiro atoms. The summed E-state index contributed by atoms with van der Waals surface area (Å²) in [5.74, 6) is -0.860. The molecule has 0 unspecified atom stereocenters. The smallest absolute Gasteiger partial charge is 0.358 e. The highest BCUT2D eigenvalue weighted by molar-refractivity contribution is 5.90. The molecule has 8 nitrogen and oxygen atoms in total. The highest BCUT2D eigenvalue weighted by Gasteiger charge is 2.11. The van der Waals surface area contributed by atoms with E-state index < -0.39 is 5.97 Å². The Kier molecular flexibility index (Phi) is 3.24. The van der Waals surface area contributed by atoms with Crippen LogP contribution in [0.15, 0.2) is 24.8 Å². The number of rotatable bonds is 5. The average molecular weight is 234 g/mol. The van der Waals surface area contributed by atoms with Crippen LogP contribution in [0.3, 0.4) is 0 Å². The lowest BCUT2D eigenvalue weighted by atomic mass is 10.4. The fourth-order valence-electron chi connectivity index (χ4n) is 1.26. The van der Waals surface area contributed by atoms with E-state index in [1.54, 1.807) is 17.1 Å². The van der Waals surface area contributed by atoms with Gasteiger partial charge in [-0.05, 0) is 0 Å². The molecule has 0 fully saturated rings. The number of hydrogen-bond acceptors (Lipinski definition) is 6. The van der Waals surface area contributed by atoms with Crippen molar-refractivity contribution in [3.8, 4) is 0 Å². The molecule has 17 heavy (non-hydrogen) atoms. The van der Waals surface area contributed by atoms with Crippen LogP contribution >= 0.6 is 0 Å². The SMILES string of the molecule is O=C(O)c1nccnc1NCCn1ccnn1. The molecule has 0 bridgehead atoms. The zero-order valence-corrected chi connectivity index (χ0v) is 8.82. The highest BCUT2D eigenvalue weighted by Crippen LogP contribution is 2.07. The van der Waals surface area contributed by atoms with E-state index in [4.69, 9.17) is 5.11 Å². The minimum atomic E-state index is -1.11. The highest BCUT2D eigenvalue weighted by atomic mass is 16.4. The van der Waals surface area contributed by atoms with Crippen molar-refractivity contribution in [3.05, 3.63) is 30.5 Å². The summed E-state index contributed by atoms with van der Waals surface area (Å²) < 4.78 is 1.63. The first kappa shape index (κ1) is 11.0. The topological polar surface area (TPSA) is 106 Å². The molecule has 0 aliphatic rings. The molecule has 0 amide bonds. The Morgan fingerprint density at radius 2 is 2.18 bits per heavy atom. The minimum Gasteiger partial charge on any atom is -0.476 e. The van der Waals surface area contributed by atoms with Gasteiger partial charge in [-0.1, -0.05) is 5.21 Å². The van der Waals surface area contributed by atoms with Gasteiger partial charge in [0.2, 0.25) is 0 Å². The van der Waals surface area contributed by atoms with Gasteiger partial charge >= 0.3 is 5.97 Å². The Morgan fingerprint density at radius 1 is 1.35 bits per heavy atom. The molecule has 0 saturated carbocycles. The van der Waals surface area contributed by atoms with Crippen LogP contribution in [-0.2, 0) is 6.54 Å². The summed E-state index contributed by atoms with van der Waals surface area (Å²) >= 11 is 0. The normalized spacial score (nSPS) is 10.1. The Morgan fingerprint density at radius 3 is 2.88 bits per heavy atom. The van der Waals surface area contributed by atoms with Crippen LogP contribution < -0.4 is 5.32 Å². The first-order chi connectivity index (χ1) is 8.27. The van der Waals surface area contributed by atoms with Crippen LogP contribution in [0.4, 0.5) is 5.82 Å². The van der Waals surface area contributed by atoms with Crippen molar-refractivity contribution >= 4 is 11.8 Å². The monoisotopic (exact) mass is 234 g/mol. The molecule has 0 saturated heterocycles. The third-order valence-electron chi connectivity index (χ3n) is 2.01. The van der Waals surface area contributed by atoms with Crippen LogP contribution in [-0.4, -0.2) is 42.6 Å². The van der Waals surface area contributed by atoms with Crippen molar-refractivity contribution in [1.29, 1.82) is 0 Å². The van der Waals surface area contributed by atoms with E-state index in [-0.39, 0.29) is 11.5 Å². The fraction of sp³-hybridized carbons (Fsp3) is 0.222. The van der Waals surface area contributed by atoms with Gasteiger partial charge in [0.25, 0.3) is 0 Å². The quantitative estimate of drug-likeness (QED) is 0.742. The second-order valence-electron chi connectivity index (χ2n) is 3.15. The van der Waals surface area contributed by atoms with Gasteiger partial charge in [-0.15, -0.1) is 5.10 Å². The Bertz CT molecular complexity index is 498. The van der Waals surface area contributed by atoms with Crippen molar-refractivity contribution in [3.63, 3.8) is 0 Å². The molecule has 2 aromatic heterocycles. The van der Waals surface area contributed by atoms with Gasteiger partial charge in [-0.2, -0.15) is 0 Å². The van der Waals surface area contributed by atoms with Gasteiger partial charge in [0.15, 0.2) is 11.5 Å². The van der Waals surface area contributed by atoms with Gasteiger partial charge in [0, 0.05) is 25.1 Å². The zero-order chi connectivity index (χ0) is 12.1. The molecule has 2 heterocycles. The lowest BCUT2D eigenvalue weighted by molar-refractivity contribution is 0.0691. The maximum Gasteiger partial charge on any atom is 0.358 e. The van der Waals surface area contributed by atoms with Crippen molar-refractivity contribution in [1.82, 2.24) is 25.0 Å². The first-order valence-corrected chi connectivity index (χ1v) is 4.89. The third-order valence-corrected chi connectivity index (χ3v) is 2.01. The summed E-state index contributed by atoms with van der Waals surface area (Å²) in [4.78, 5) is 18.5. The van der Waals surface area contributed by atoms with Crippen molar-refractivity contribution in [2.24, 2.45) is 0 Å². The summed E-state index contributed by atoms with van der Waals surface area (Å²) in [6.07, 6.45) is 6.07. The lowest BCUT2D eigenvalue weighted by Crippen LogP contribution is -2.15. The Balaban J connectivity index is 1.97. The zero-order valence-electron chi connectivity index (χ0n) is 8.82. The second kappa shape index (κ2) is 5.01. The molecule has 0 radical (unpaired) electrons. The molecule has 0 aromatic carbocycles. The molecular formula is C9H10N6O2. The predicted molar refractivity (Wildman–Crippen MR) is 57.5 cm³/mol. The van der Waals surface area contributed by atoms with Gasteiger partial charge in [0.05, 0.1) is 12.7 Å². The standard InChI is InChI=1S/C9H10N6O2/c16-9(17)7-8(11-2-1-10-7)12-3-5-15-6-4-13-14-15/h1-2,4,6H,3,5H2,(H,11,12)(H,16,17). The molecule has 0 atom stereocenters. The molecular weight excluding hydrogens is 224 g/mol. The Hall–Kier alpha value is -2.51. The Labute approximate surface area is 96.3 Å². The number of anilines is 1.